The maximum absolute atomic E-state index is 11.0. The van der Waals surface area contributed by atoms with Gasteiger partial charge in [0.25, 0.3) is 0 Å². The molecule has 1 aromatic heterocycles. The van der Waals surface area contributed by atoms with Crippen LogP contribution >= 0.6 is 0 Å². The Bertz CT molecular complexity index is 1140. The molecule has 0 amide bonds. The van der Waals surface area contributed by atoms with Crippen LogP contribution in [0.2, 0.25) is 0 Å². The summed E-state index contributed by atoms with van der Waals surface area (Å²) >= 11 is 0. The van der Waals surface area contributed by atoms with E-state index in [1.165, 1.54) is 11.1 Å². The fourth-order valence-electron chi connectivity index (χ4n) is 4.73. The number of aliphatic carboxylic acids is 1. The Kier molecular flexibility index (Phi) is 7.60. The van der Waals surface area contributed by atoms with Crippen LogP contribution in [0.3, 0.4) is 0 Å². The van der Waals surface area contributed by atoms with Crippen molar-refractivity contribution in [1.82, 2.24) is 10.3 Å². The summed E-state index contributed by atoms with van der Waals surface area (Å²) < 4.78 is 12.0. The maximum Gasteiger partial charge on any atom is 0.303 e. The van der Waals surface area contributed by atoms with Crippen molar-refractivity contribution in [3.8, 4) is 17.2 Å². The predicted molar refractivity (Wildman–Crippen MR) is 137 cm³/mol. The number of benzene rings is 2. The molecule has 0 spiro atoms. The number of nitrogens with one attached hydrogen (secondary N) is 1. The normalized spacial score (nSPS) is 18.1. The van der Waals surface area contributed by atoms with Gasteiger partial charge in [-0.1, -0.05) is 45.0 Å². The third-order valence-electron chi connectivity index (χ3n) is 6.85. The van der Waals surface area contributed by atoms with Crippen molar-refractivity contribution < 1.29 is 19.1 Å². The number of carboxylic acids is 1. The molecular weight excluding hydrogens is 440 g/mol. The molecule has 1 saturated heterocycles. The average molecular weight is 477 g/mol. The SMILES string of the molecule is Cc1oc(-c2ccc(C(C)(C)C)cc2)nc1CCOc1cccc([C@@H]2CNC[C@@H]2CCC(=O)O)c1. The first-order valence-electron chi connectivity index (χ1n) is 12.4. The van der Waals surface area contributed by atoms with Crippen LogP contribution in [0.4, 0.5) is 0 Å². The minimum atomic E-state index is -0.735. The highest BCUT2D eigenvalue weighted by atomic mass is 16.5. The number of hydrogen-bond acceptors (Lipinski definition) is 5. The zero-order chi connectivity index (χ0) is 25.0. The Balaban J connectivity index is 1.36. The van der Waals surface area contributed by atoms with Gasteiger partial charge in [0, 0.05) is 30.9 Å². The van der Waals surface area contributed by atoms with Crippen molar-refractivity contribution in [3.63, 3.8) is 0 Å². The molecule has 4 rings (SSSR count). The molecule has 2 aromatic carbocycles. The molecule has 0 aliphatic carbocycles. The molecule has 2 heterocycles. The van der Waals surface area contributed by atoms with Gasteiger partial charge in [0.1, 0.15) is 11.5 Å². The molecule has 0 radical (unpaired) electrons. The van der Waals surface area contributed by atoms with Crippen molar-refractivity contribution in [1.29, 1.82) is 0 Å². The van der Waals surface area contributed by atoms with E-state index in [-0.39, 0.29) is 11.8 Å². The average Bonchev–Trinajstić information content (AvgIpc) is 3.44. The number of oxazole rings is 1. The van der Waals surface area contributed by atoms with Gasteiger partial charge in [0.05, 0.1) is 12.3 Å². The lowest BCUT2D eigenvalue weighted by Gasteiger charge is -2.19. The largest absolute Gasteiger partial charge is 0.493 e. The van der Waals surface area contributed by atoms with Crippen LogP contribution in [-0.2, 0) is 16.6 Å². The summed E-state index contributed by atoms with van der Waals surface area (Å²) in [5, 5.41) is 12.4. The number of ether oxygens (including phenoxy) is 1. The summed E-state index contributed by atoms with van der Waals surface area (Å²) in [6.45, 7) is 10.8. The van der Waals surface area contributed by atoms with Crippen molar-refractivity contribution in [2.24, 2.45) is 5.92 Å². The van der Waals surface area contributed by atoms with E-state index in [4.69, 9.17) is 19.2 Å². The lowest BCUT2D eigenvalue weighted by Crippen LogP contribution is -2.13. The smallest absolute Gasteiger partial charge is 0.303 e. The fraction of sp³-hybridized carbons (Fsp3) is 0.448. The first kappa shape index (κ1) is 25.0. The van der Waals surface area contributed by atoms with Gasteiger partial charge in [-0.2, -0.15) is 0 Å². The van der Waals surface area contributed by atoms with Gasteiger partial charge >= 0.3 is 5.97 Å². The fourth-order valence-corrected chi connectivity index (χ4v) is 4.73. The molecule has 3 aromatic rings. The van der Waals surface area contributed by atoms with Crippen LogP contribution in [0.5, 0.6) is 5.75 Å². The maximum atomic E-state index is 11.0. The monoisotopic (exact) mass is 476 g/mol. The van der Waals surface area contributed by atoms with Crippen LogP contribution in [0.1, 0.15) is 62.1 Å². The molecule has 1 fully saturated rings. The second-order valence-corrected chi connectivity index (χ2v) is 10.5. The highest BCUT2D eigenvalue weighted by Crippen LogP contribution is 2.33. The lowest BCUT2D eigenvalue weighted by molar-refractivity contribution is -0.137. The minimum Gasteiger partial charge on any atom is -0.493 e. The molecule has 1 aliphatic rings. The van der Waals surface area contributed by atoms with Crippen LogP contribution in [0.25, 0.3) is 11.5 Å². The van der Waals surface area contributed by atoms with E-state index in [9.17, 15) is 4.79 Å². The number of hydrogen-bond donors (Lipinski definition) is 2. The van der Waals surface area contributed by atoms with E-state index < -0.39 is 5.97 Å². The van der Waals surface area contributed by atoms with Crippen LogP contribution in [-0.4, -0.2) is 35.8 Å². The molecule has 0 bridgehead atoms. The molecule has 2 atom stereocenters. The summed E-state index contributed by atoms with van der Waals surface area (Å²) in [7, 11) is 0. The Morgan fingerprint density at radius 3 is 2.66 bits per heavy atom. The highest BCUT2D eigenvalue weighted by Gasteiger charge is 2.28. The quantitative estimate of drug-likeness (QED) is 0.410. The van der Waals surface area contributed by atoms with E-state index in [0.717, 1.165) is 35.9 Å². The number of aryl methyl sites for hydroxylation is 1. The Hall–Kier alpha value is -3.12. The standard InChI is InChI=1S/C29H36N2O4/c1-19-26(31-28(35-19)20-8-11-23(12-9-20)29(2,3)4)14-15-34-24-7-5-6-21(16-24)25-18-30-17-22(25)10-13-27(32)33/h5-9,11-12,16,22,25,30H,10,13-15,17-18H2,1-4H3,(H,32,33)/t22-,25-/m0/s1. The topological polar surface area (TPSA) is 84.6 Å². The first-order valence-corrected chi connectivity index (χ1v) is 12.4. The zero-order valence-corrected chi connectivity index (χ0v) is 21.1. The molecule has 6 nitrogen and oxygen atoms in total. The van der Waals surface area contributed by atoms with Gasteiger partial charge in [-0.15, -0.1) is 0 Å². The molecule has 0 unspecified atom stereocenters. The van der Waals surface area contributed by atoms with Gasteiger partial charge in [-0.25, -0.2) is 4.98 Å². The third kappa shape index (κ3) is 6.31. The summed E-state index contributed by atoms with van der Waals surface area (Å²) in [4.78, 5) is 15.7. The van der Waals surface area contributed by atoms with E-state index >= 15 is 0 Å². The summed E-state index contributed by atoms with van der Waals surface area (Å²) in [6, 6.07) is 16.6. The van der Waals surface area contributed by atoms with Gasteiger partial charge in [0.15, 0.2) is 0 Å². The number of carboxylic acid groups (broad SMARTS) is 1. The number of aromatic nitrogens is 1. The van der Waals surface area contributed by atoms with Crippen molar-refractivity contribution in [2.45, 2.75) is 58.3 Å². The molecular formula is C29H36N2O4. The molecule has 186 valence electrons. The van der Waals surface area contributed by atoms with Gasteiger partial charge < -0.3 is 19.6 Å². The van der Waals surface area contributed by atoms with Crippen molar-refractivity contribution in [3.05, 3.63) is 71.1 Å². The van der Waals surface area contributed by atoms with E-state index in [1.54, 1.807) is 0 Å². The molecule has 2 N–H and O–H groups in total. The summed E-state index contributed by atoms with van der Waals surface area (Å²) in [5.41, 5.74) is 4.47. The van der Waals surface area contributed by atoms with E-state index in [0.29, 0.717) is 37.2 Å². The van der Waals surface area contributed by atoms with Gasteiger partial charge in [0.2, 0.25) is 5.89 Å². The van der Waals surface area contributed by atoms with E-state index in [1.807, 2.05) is 19.1 Å². The first-order chi connectivity index (χ1) is 16.7. The Morgan fingerprint density at radius 2 is 1.94 bits per heavy atom. The molecule has 6 heteroatoms. The van der Waals surface area contributed by atoms with E-state index in [2.05, 4.69) is 62.5 Å². The molecule has 0 saturated carbocycles. The van der Waals surface area contributed by atoms with Gasteiger partial charge in [-0.05, 0) is 66.6 Å². The zero-order valence-electron chi connectivity index (χ0n) is 21.1. The number of carbonyl (C=O) groups is 1. The second-order valence-electron chi connectivity index (χ2n) is 10.5. The summed E-state index contributed by atoms with van der Waals surface area (Å²) in [6.07, 6.45) is 1.55. The Labute approximate surface area is 207 Å². The summed E-state index contributed by atoms with van der Waals surface area (Å²) in [5.74, 6) is 2.18. The number of nitrogens with zero attached hydrogens (tertiary/aromatic N) is 1. The van der Waals surface area contributed by atoms with Crippen LogP contribution in [0.15, 0.2) is 52.9 Å². The Morgan fingerprint density at radius 1 is 1.17 bits per heavy atom. The molecule has 1 aliphatic heterocycles. The van der Waals surface area contributed by atoms with Crippen molar-refractivity contribution in [2.75, 3.05) is 19.7 Å². The second kappa shape index (κ2) is 10.6. The van der Waals surface area contributed by atoms with Crippen LogP contribution in [0, 0.1) is 12.8 Å². The minimum absolute atomic E-state index is 0.110. The third-order valence-corrected chi connectivity index (χ3v) is 6.85. The number of rotatable bonds is 9. The lowest BCUT2D eigenvalue weighted by atomic mass is 9.86. The van der Waals surface area contributed by atoms with Gasteiger partial charge in [-0.3, -0.25) is 4.79 Å². The van der Waals surface area contributed by atoms with Crippen molar-refractivity contribution >= 4 is 5.97 Å². The van der Waals surface area contributed by atoms with Crippen LogP contribution < -0.4 is 10.1 Å². The molecule has 35 heavy (non-hydrogen) atoms. The predicted octanol–water partition coefficient (Wildman–Crippen LogP) is 5.74. The highest BCUT2D eigenvalue weighted by molar-refractivity contribution is 5.66.